The first-order chi connectivity index (χ1) is 13.0. The maximum Gasteiger partial charge on any atom is 0.259 e. The van der Waals surface area contributed by atoms with Crippen LogP contribution in [-0.2, 0) is 9.53 Å². The highest BCUT2D eigenvalue weighted by Gasteiger charge is 2.32. The molecule has 2 heterocycles. The second-order valence-electron chi connectivity index (χ2n) is 6.37. The third-order valence-electron chi connectivity index (χ3n) is 4.48. The fourth-order valence-corrected chi connectivity index (χ4v) is 3.14. The second kappa shape index (κ2) is 8.22. The van der Waals surface area contributed by atoms with Gasteiger partial charge in [0.05, 0.1) is 17.3 Å². The number of hydrogen-bond acceptors (Lipinski definition) is 5. The second-order valence-corrected chi connectivity index (χ2v) is 6.37. The number of likely N-dealkylation sites (tertiary alicyclic amines) is 1. The van der Waals surface area contributed by atoms with Gasteiger partial charge in [0.25, 0.3) is 5.91 Å². The largest absolute Gasteiger partial charge is 0.375 e. The van der Waals surface area contributed by atoms with Crippen LogP contribution in [0.3, 0.4) is 0 Å². The summed E-state index contributed by atoms with van der Waals surface area (Å²) in [7, 11) is 1.48. The van der Waals surface area contributed by atoms with Gasteiger partial charge in [-0.3, -0.25) is 9.59 Å². The van der Waals surface area contributed by atoms with E-state index in [1.807, 2.05) is 0 Å². The SMILES string of the molecule is COCC(=O)N1CCCC1c1ncc(C(=O)Nc2ccc(F)cc2)c(C)n1. The third kappa shape index (κ3) is 4.28. The van der Waals surface area contributed by atoms with E-state index < -0.39 is 0 Å². The Morgan fingerprint density at radius 1 is 1.33 bits per heavy atom. The standard InChI is InChI=1S/C19H21FN4O3/c1-12-15(19(26)23-14-7-5-13(20)6-8-14)10-21-18(22-12)16-4-3-9-24(16)17(25)11-27-2/h5-8,10,16H,3-4,9,11H2,1-2H3,(H,23,26). The van der Waals surface area contributed by atoms with Crippen LogP contribution in [0.25, 0.3) is 0 Å². The molecular weight excluding hydrogens is 351 g/mol. The number of aromatic nitrogens is 2. The topological polar surface area (TPSA) is 84.4 Å². The Morgan fingerprint density at radius 3 is 2.74 bits per heavy atom. The number of ether oxygens (including phenoxy) is 1. The molecule has 27 heavy (non-hydrogen) atoms. The van der Waals surface area contributed by atoms with Gasteiger partial charge in [0.1, 0.15) is 12.4 Å². The van der Waals surface area contributed by atoms with Crippen molar-refractivity contribution in [1.82, 2.24) is 14.9 Å². The van der Waals surface area contributed by atoms with Gasteiger partial charge in [-0.15, -0.1) is 0 Å². The fraction of sp³-hybridized carbons (Fsp3) is 0.368. The number of carbonyl (C=O) groups is 2. The van der Waals surface area contributed by atoms with Crippen molar-refractivity contribution in [1.29, 1.82) is 0 Å². The van der Waals surface area contributed by atoms with E-state index in [-0.39, 0.29) is 30.3 Å². The van der Waals surface area contributed by atoms with Crippen LogP contribution in [0.2, 0.25) is 0 Å². The summed E-state index contributed by atoms with van der Waals surface area (Å²) >= 11 is 0. The van der Waals surface area contributed by atoms with Crippen molar-refractivity contribution in [2.75, 3.05) is 25.6 Å². The highest BCUT2D eigenvalue weighted by molar-refractivity contribution is 6.04. The molecule has 0 bridgehead atoms. The van der Waals surface area contributed by atoms with Crippen LogP contribution in [0.5, 0.6) is 0 Å². The van der Waals surface area contributed by atoms with Crippen molar-refractivity contribution in [3.63, 3.8) is 0 Å². The summed E-state index contributed by atoms with van der Waals surface area (Å²) < 4.78 is 17.9. The Hall–Kier alpha value is -2.87. The number of rotatable bonds is 5. The maximum atomic E-state index is 13.0. The lowest BCUT2D eigenvalue weighted by atomic mass is 10.1. The van der Waals surface area contributed by atoms with Crippen LogP contribution in [0, 0.1) is 12.7 Å². The highest BCUT2D eigenvalue weighted by atomic mass is 19.1. The maximum absolute atomic E-state index is 13.0. The van der Waals surface area contributed by atoms with Crippen molar-refractivity contribution in [3.05, 3.63) is 53.4 Å². The number of carbonyl (C=O) groups excluding carboxylic acids is 2. The molecule has 8 heteroatoms. The summed E-state index contributed by atoms with van der Waals surface area (Å²) in [6.07, 6.45) is 3.11. The van der Waals surface area contributed by atoms with Gasteiger partial charge in [-0.2, -0.15) is 0 Å². The van der Waals surface area contributed by atoms with Crippen LogP contribution in [-0.4, -0.2) is 46.9 Å². The molecular formula is C19H21FN4O3. The number of nitrogens with one attached hydrogen (secondary N) is 1. The van der Waals surface area contributed by atoms with Gasteiger partial charge < -0.3 is 15.0 Å². The molecule has 0 saturated carbocycles. The first kappa shape index (κ1) is 18.9. The van der Waals surface area contributed by atoms with Crippen LogP contribution < -0.4 is 5.32 Å². The fourth-order valence-electron chi connectivity index (χ4n) is 3.14. The molecule has 3 rings (SSSR count). The van der Waals surface area contributed by atoms with Gasteiger partial charge in [0.2, 0.25) is 5.91 Å². The molecule has 1 aliphatic rings. The summed E-state index contributed by atoms with van der Waals surface area (Å²) in [4.78, 5) is 35.1. The highest BCUT2D eigenvalue weighted by Crippen LogP contribution is 2.30. The van der Waals surface area contributed by atoms with Gasteiger partial charge in [-0.1, -0.05) is 0 Å². The van der Waals surface area contributed by atoms with Crippen molar-refractivity contribution in [2.45, 2.75) is 25.8 Å². The first-order valence-corrected chi connectivity index (χ1v) is 8.68. The van der Waals surface area contributed by atoms with Crippen LogP contribution in [0.15, 0.2) is 30.5 Å². The zero-order valence-electron chi connectivity index (χ0n) is 15.2. The molecule has 1 aromatic carbocycles. The van der Waals surface area contributed by atoms with E-state index in [0.29, 0.717) is 29.3 Å². The molecule has 7 nitrogen and oxygen atoms in total. The molecule has 1 saturated heterocycles. The van der Waals surface area contributed by atoms with Crippen molar-refractivity contribution in [2.24, 2.45) is 0 Å². The first-order valence-electron chi connectivity index (χ1n) is 8.68. The monoisotopic (exact) mass is 372 g/mol. The van der Waals surface area contributed by atoms with Gasteiger partial charge in [-0.05, 0) is 44.0 Å². The Morgan fingerprint density at radius 2 is 2.07 bits per heavy atom. The van der Waals surface area contributed by atoms with E-state index in [1.165, 1.54) is 37.6 Å². The Balaban J connectivity index is 1.76. The lowest BCUT2D eigenvalue weighted by Crippen LogP contribution is -2.34. The van der Waals surface area contributed by atoms with Crippen molar-refractivity contribution < 1.29 is 18.7 Å². The van der Waals surface area contributed by atoms with E-state index in [4.69, 9.17) is 4.74 Å². The molecule has 1 aliphatic heterocycles. The molecule has 2 aromatic rings. The minimum absolute atomic E-state index is 0.0215. The molecule has 1 atom stereocenters. The molecule has 1 unspecified atom stereocenters. The van der Waals surface area contributed by atoms with Gasteiger partial charge in [0.15, 0.2) is 5.82 Å². The van der Waals surface area contributed by atoms with Gasteiger partial charge in [0, 0.05) is 25.5 Å². The Labute approximate surface area is 156 Å². The summed E-state index contributed by atoms with van der Waals surface area (Å²) in [5.74, 6) is -0.322. The molecule has 1 aromatic heterocycles. The predicted molar refractivity (Wildman–Crippen MR) is 96.7 cm³/mol. The van der Waals surface area contributed by atoms with E-state index >= 15 is 0 Å². The number of amides is 2. The minimum Gasteiger partial charge on any atom is -0.375 e. The molecule has 1 N–H and O–H groups in total. The van der Waals surface area contributed by atoms with Crippen LogP contribution in [0.4, 0.5) is 10.1 Å². The van der Waals surface area contributed by atoms with Crippen molar-refractivity contribution >= 4 is 17.5 Å². The lowest BCUT2D eigenvalue weighted by Gasteiger charge is -2.23. The molecule has 0 spiro atoms. The number of methoxy groups -OCH3 is 1. The number of aryl methyl sites for hydroxylation is 1. The molecule has 142 valence electrons. The molecule has 2 amide bonds. The molecule has 1 fully saturated rings. The van der Waals surface area contributed by atoms with Crippen LogP contribution in [0.1, 0.15) is 40.8 Å². The van der Waals surface area contributed by atoms with E-state index in [9.17, 15) is 14.0 Å². The predicted octanol–water partition coefficient (Wildman–Crippen LogP) is 2.49. The quantitative estimate of drug-likeness (QED) is 0.872. The number of hydrogen-bond donors (Lipinski definition) is 1. The number of halogens is 1. The number of nitrogens with zero attached hydrogens (tertiary/aromatic N) is 3. The average Bonchev–Trinajstić information content (AvgIpc) is 3.13. The summed E-state index contributed by atoms with van der Waals surface area (Å²) in [5, 5.41) is 2.69. The summed E-state index contributed by atoms with van der Waals surface area (Å²) in [6, 6.07) is 5.30. The average molecular weight is 372 g/mol. The smallest absolute Gasteiger partial charge is 0.259 e. The molecule has 0 aliphatic carbocycles. The van der Waals surface area contributed by atoms with Gasteiger partial charge >= 0.3 is 0 Å². The normalized spacial score (nSPS) is 16.4. The molecule has 0 radical (unpaired) electrons. The van der Waals surface area contributed by atoms with E-state index in [2.05, 4.69) is 15.3 Å². The van der Waals surface area contributed by atoms with E-state index in [1.54, 1.807) is 11.8 Å². The van der Waals surface area contributed by atoms with Gasteiger partial charge in [-0.25, -0.2) is 14.4 Å². The number of benzene rings is 1. The third-order valence-corrected chi connectivity index (χ3v) is 4.48. The Kier molecular flexibility index (Phi) is 5.75. The summed E-state index contributed by atoms with van der Waals surface area (Å²) in [5.41, 5.74) is 1.33. The Bertz CT molecular complexity index is 841. The summed E-state index contributed by atoms with van der Waals surface area (Å²) in [6.45, 7) is 2.39. The zero-order chi connectivity index (χ0) is 19.4. The number of anilines is 1. The minimum atomic E-state index is -0.374. The van der Waals surface area contributed by atoms with Crippen molar-refractivity contribution in [3.8, 4) is 0 Å². The zero-order valence-corrected chi connectivity index (χ0v) is 15.2. The van der Waals surface area contributed by atoms with E-state index in [0.717, 1.165) is 12.8 Å². The van der Waals surface area contributed by atoms with Crippen LogP contribution >= 0.6 is 0 Å². The lowest BCUT2D eigenvalue weighted by molar-refractivity contribution is -0.136.